The molecule has 1 aromatic heterocycles. The zero-order valence-electron chi connectivity index (χ0n) is 15.3. The second-order valence-corrected chi connectivity index (χ2v) is 9.19. The molecule has 0 spiro atoms. The number of hydrogen-bond acceptors (Lipinski definition) is 4. The maximum Gasteiger partial charge on any atom is 0.0328 e. The molecule has 0 amide bonds. The molecule has 5 rings (SSSR count). The molecule has 0 radical (unpaired) electrons. The van der Waals surface area contributed by atoms with Gasteiger partial charge in [-0.25, -0.2) is 0 Å². The Morgan fingerprint density at radius 1 is 1.04 bits per heavy atom. The van der Waals surface area contributed by atoms with Crippen LogP contribution in [0.3, 0.4) is 0 Å². The first-order valence-corrected chi connectivity index (χ1v) is 10.9. The minimum absolute atomic E-state index is 0.813. The fraction of sp³-hybridized carbons (Fsp3) is 0.800. The average Bonchev–Trinajstić information content (AvgIpc) is 3.15. The Balaban J connectivity index is 1.34. The van der Waals surface area contributed by atoms with Crippen LogP contribution in [0.5, 0.6) is 0 Å². The quantitative estimate of drug-likeness (QED) is 0.778. The largest absolute Gasteiger partial charge is 0.299 e. The molecule has 0 saturated carbocycles. The molecule has 4 aliphatic rings. The maximum atomic E-state index is 2.78. The highest BCUT2D eigenvalue weighted by atomic mass is 32.1. The third-order valence-corrected chi connectivity index (χ3v) is 7.08. The molecular weight excluding hydrogens is 314 g/mol. The SMILES string of the molecule is CCCN1CC2CCC1CN(Cc1cc(CN3CCCC3)cs1)C2. The fourth-order valence-corrected chi connectivity index (χ4v) is 5.90. The molecule has 24 heavy (non-hydrogen) atoms. The van der Waals surface area contributed by atoms with Crippen molar-refractivity contribution in [2.45, 2.75) is 58.2 Å². The molecule has 2 unspecified atom stereocenters. The first-order chi connectivity index (χ1) is 11.8. The molecule has 1 aromatic rings. The monoisotopic (exact) mass is 347 g/mol. The van der Waals surface area contributed by atoms with E-state index in [0.29, 0.717) is 0 Å². The standard InChI is InChI=1S/C20H33N3S/c1-2-7-23-13-17-5-6-19(23)14-22(11-17)15-20-10-18(16-24-20)12-21-8-3-4-9-21/h10,16-17,19H,2-9,11-15H2,1H3. The van der Waals surface area contributed by atoms with Crippen LogP contribution in [0.25, 0.3) is 0 Å². The van der Waals surface area contributed by atoms with Crippen LogP contribution < -0.4 is 0 Å². The Labute approximate surface area is 151 Å². The Morgan fingerprint density at radius 3 is 2.75 bits per heavy atom. The predicted molar refractivity (Wildman–Crippen MR) is 102 cm³/mol. The molecule has 4 heteroatoms. The Bertz CT molecular complexity index is 523. The molecule has 4 saturated heterocycles. The van der Waals surface area contributed by atoms with Crippen molar-refractivity contribution in [2.24, 2.45) is 5.92 Å². The summed E-state index contributed by atoms with van der Waals surface area (Å²) >= 11 is 1.99. The van der Waals surface area contributed by atoms with Gasteiger partial charge in [-0.3, -0.25) is 14.7 Å². The van der Waals surface area contributed by atoms with Crippen LogP contribution in [0.2, 0.25) is 0 Å². The Kier molecular flexibility index (Phi) is 5.57. The highest BCUT2D eigenvalue weighted by Gasteiger charge is 2.34. The molecule has 134 valence electrons. The van der Waals surface area contributed by atoms with Crippen molar-refractivity contribution in [1.82, 2.24) is 14.7 Å². The summed E-state index contributed by atoms with van der Waals surface area (Å²) in [6.45, 7) is 12.5. The normalized spacial score (nSPS) is 29.4. The van der Waals surface area contributed by atoms with Gasteiger partial charge in [0.15, 0.2) is 0 Å². The van der Waals surface area contributed by atoms with Crippen LogP contribution in [0, 0.1) is 5.92 Å². The van der Waals surface area contributed by atoms with Crippen molar-refractivity contribution >= 4 is 11.3 Å². The highest BCUT2D eigenvalue weighted by molar-refractivity contribution is 7.10. The first-order valence-electron chi connectivity index (χ1n) is 10.0. The van der Waals surface area contributed by atoms with E-state index in [1.54, 1.807) is 10.4 Å². The third kappa shape index (κ3) is 4.04. The van der Waals surface area contributed by atoms with E-state index in [2.05, 4.69) is 33.1 Å². The molecule has 0 aliphatic carbocycles. The van der Waals surface area contributed by atoms with Gasteiger partial charge in [0.2, 0.25) is 0 Å². The molecular formula is C20H33N3S. The lowest BCUT2D eigenvalue weighted by Crippen LogP contribution is -2.44. The predicted octanol–water partition coefficient (Wildman–Crippen LogP) is 3.65. The second-order valence-electron chi connectivity index (χ2n) is 8.19. The van der Waals surface area contributed by atoms with Gasteiger partial charge < -0.3 is 0 Å². The minimum atomic E-state index is 0.813. The molecule has 5 heterocycles. The zero-order chi connectivity index (χ0) is 16.4. The molecule has 4 fully saturated rings. The van der Waals surface area contributed by atoms with Gasteiger partial charge >= 0.3 is 0 Å². The first kappa shape index (κ1) is 17.0. The van der Waals surface area contributed by atoms with E-state index in [0.717, 1.165) is 12.0 Å². The van der Waals surface area contributed by atoms with Crippen LogP contribution in [-0.4, -0.2) is 60.0 Å². The van der Waals surface area contributed by atoms with Crippen LogP contribution >= 0.6 is 11.3 Å². The van der Waals surface area contributed by atoms with Crippen LogP contribution in [0.1, 0.15) is 49.5 Å². The summed E-state index contributed by atoms with van der Waals surface area (Å²) in [5, 5.41) is 2.41. The van der Waals surface area contributed by atoms with Gasteiger partial charge in [0.25, 0.3) is 0 Å². The van der Waals surface area contributed by atoms with Gasteiger partial charge in [0.1, 0.15) is 0 Å². The van der Waals surface area contributed by atoms with E-state index >= 15 is 0 Å². The number of piperidine rings is 1. The topological polar surface area (TPSA) is 9.72 Å². The minimum Gasteiger partial charge on any atom is -0.299 e. The summed E-state index contributed by atoms with van der Waals surface area (Å²) in [4.78, 5) is 9.72. The zero-order valence-corrected chi connectivity index (χ0v) is 16.1. The van der Waals surface area contributed by atoms with E-state index in [4.69, 9.17) is 0 Å². The van der Waals surface area contributed by atoms with Crippen molar-refractivity contribution in [3.05, 3.63) is 21.9 Å². The van der Waals surface area contributed by atoms with Crippen molar-refractivity contribution < 1.29 is 0 Å². The Hall–Kier alpha value is -0.420. The van der Waals surface area contributed by atoms with Gasteiger partial charge in [-0.15, -0.1) is 11.3 Å². The summed E-state index contributed by atoms with van der Waals surface area (Å²) in [6, 6.07) is 3.30. The van der Waals surface area contributed by atoms with Crippen LogP contribution in [-0.2, 0) is 13.1 Å². The molecule has 2 atom stereocenters. The fourth-order valence-electron chi connectivity index (χ4n) is 4.98. The lowest BCUT2D eigenvalue weighted by atomic mass is 9.95. The second kappa shape index (κ2) is 7.86. The smallest absolute Gasteiger partial charge is 0.0328 e. The molecule has 2 bridgehead atoms. The van der Waals surface area contributed by atoms with E-state index in [1.807, 2.05) is 11.3 Å². The number of fused-ring (bicyclic) bond motifs is 4. The van der Waals surface area contributed by atoms with Crippen molar-refractivity contribution in [1.29, 1.82) is 0 Å². The molecule has 0 N–H and O–H groups in total. The van der Waals surface area contributed by atoms with Crippen LogP contribution in [0.4, 0.5) is 0 Å². The van der Waals surface area contributed by atoms with Gasteiger partial charge in [-0.2, -0.15) is 0 Å². The van der Waals surface area contributed by atoms with Gasteiger partial charge in [0.05, 0.1) is 0 Å². The van der Waals surface area contributed by atoms with Gasteiger partial charge in [-0.05, 0) is 74.7 Å². The Morgan fingerprint density at radius 2 is 1.92 bits per heavy atom. The summed E-state index contributed by atoms with van der Waals surface area (Å²) in [5.41, 5.74) is 1.54. The summed E-state index contributed by atoms with van der Waals surface area (Å²) in [6.07, 6.45) is 6.95. The number of thiophene rings is 1. The molecule has 0 aromatic carbocycles. The number of likely N-dealkylation sites (tertiary alicyclic amines) is 1. The molecule has 4 aliphatic heterocycles. The van der Waals surface area contributed by atoms with Crippen molar-refractivity contribution in [3.63, 3.8) is 0 Å². The van der Waals surface area contributed by atoms with Crippen molar-refractivity contribution in [3.8, 4) is 0 Å². The number of nitrogens with zero attached hydrogens (tertiary/aromatic N) is 3. The van der Waals surface area contributed by atoms with E-state index in [1.165, 1.54) is 84.5 Å². The van der Waals surface area contributed by atoms with E-state index < -0.39 is 0 Å². The molecule has 3 nitrogen and oxygen atoms in total. The van der Waals surface area contributed by atoms with E-state index in [-0.39, 0.29) is 0 Å². The van der Waals surface area contributed by atoms with Crippen LogP contribution in [0.15, 0.2) is 11.4 Å². The average molecular weight is 348 g/mol. The number of hydrogen-bond donors (Lipinski definition) is 0. The number of rotatable bonds is 6. The van der Waals surface area contributed by atoms with Crippen molar-refractivity contribution in [2.75, 3.05) is 39.3 Å². The maximum absolute atomic E-state index is 2.78. The lowest BCUT2D eigenvalue weighted by Gasteiger charge is -2.35. The third-order valence-electron chi connectivity index (χ3n) is 6.11. The lowest BCUT2D eigenvalue weighted by molar-refractivity contribution is 0.131. The van der Waals surface area contributed by atoms with Gasteiger partial charge in [0, 0.05) is 43.6 Å². The summed E-state index contributed by atoms with van der Waals surface area (Å²) < 4.78 is 0. The highest BCUT2D eigenvalue weighted by Crippen LogP contribution is 2.29. The van der Waals surface area contributed by atoms with E-state index in [9.17, 15) is 0 Å². The van der Waals surface area contributed by atoms with Gasteiger partial charge in [-0.1, -0.05) is 6.92 Å². The summed E-state index contributed by atoms with van der Waals surface area (Å²) in [7, 11) is 0. The summed E-state index contributed by atoms with van der Waals surface area (Å²) in [5.74, 6) is 0.902.